The van der Waals surface area contributed by atoms with Gasteiger partial charge in [-0.05, 0) is 34.9 Å². The molecule has 0 saturated carbocycles. The maximum absolute atomic E-state index is 9.57. The number of halogens is 1. The number of phenols is 1. The number of benzene rings is 1. The first kappa shape index (κ1) is 14.2. The molecule has 0 atom stereocenters. The third-order valence-electron chi connectivity index (χ3n) is 2.85. The fourth-order valence-electron chi connectivity index (χ4n) is 2.44. The van der Waals surface area contributed by atoms with E-state index in [0.717, 1.165) is 12.0 Å². The normalized spacial score (nSPS) is 12.8. The standard InChI is InChI=1S/C14H22ClNO/c1-13(2,3)8-14(4,5)9-6-10(15)12(17)11(16)7-9/h6-7,17H,8,16H2,1-5H3. The predicted octanol–water partition coefficient (Wildman–Crippen LogP) is 4.34. The Morgan fingerprint density at radius 1 is 1.18 bits per heavy atom. The number of rotatable bonds is 2. The SMILES string of the molecule is CC(C)(C)CC(C)(C)c1cc(N)c(O)c(Cl)c1. The highest BCUT2D eigenvalue weighted by Crippen LogP contribution is 2.40. The number of anilines is 1. The van der Waals surface area contributed by atoms with E-state index in [4.69, 9.17) is 17.3 Å². The van der Waals surface area contributed by atoms with Gasteiger partial charge in [-0.15, -0.1) is 0 Å². The molecule has 0 heterocycles. The molecule has 0 radical (unpaired) electrons. The lowest BCUT2D eigenvalue weighted by molar-refractivity contribution is 0.284. The molecule has 1 aromatic carbocycles. The van der Waals surface area contributed by atoms with E-state index in [1.54, 1.807) is 6.07 Å². The van der Waals surface area contributed by atoms with E-state index >= 15 is 0 Å². The first-order chi connectivity index (χ1) is 7.53. The van der Waals surface area contributed by atoms with E-state index in [1.165, 1.54) is 0 Å². The Morgan fingerprint density at radius 2 is 1.71 bits per heavy atom. The summed E-state index contributed by atoms with van der Waals surface area (Å²) in [6, 6.07) is 3.62. The van der Waals surface area contributed by atoms with Crippen LogP contribution in [0.2, 0.25) is 5.02 Å². The lowest BCUT2D eigenvalue weighted by atomic mass is 9.72. The van der Waals surface area contributed by atoms with E-state index in [-0.39, 0.29) is 16.6 Å². The third kappa shape index (κ3) is 3.53. The maximum Gasteiger partial charge on any atom is 0.157 e. The number of hydrogen-bond acceptors (Lipinski definition) is 2. The molecule has 0 unspecified atom stereocenters. The maximum atomic E-state index is 9.57. The van der Waals surface area contributed by atoms with Crippen LogP contribution >= 0.6 is 11.6 Å². The molecule has 1 aromatic rings. The van der Waals surface area contributed by atoms with Crippen molar-refractivity contribution >= 4 is 17.3 Å². The number of phenolic OH excluding ortho intramolecular Hbond substituents is 1. The zero-order valence-electron chi connectivity index (χ0n) is 11.3. The smallest absolute Gasteiger partial charge is 0.157 e. The summed E-state index contributed by atoms with van der Waals surface area (Å²) in [5.74, 6) is -0.0259. The second-order valence-electron chi connectivity index (χ2n) is 6.52. The highest BCUT2D eigenvalue weighted by atomic mass is 35.5. The van der Waals surface area contributed by atoms with E-state index in [0.29, 0.717) is 10.7 Å². The van der Waals surface area contributed by atoms with Gasteiger partial charge in [0, 0.05) is 0 Å². The molecular formula is C14H22ClNO. The molecule has 3 heteroatoms. The second-order valence-corrected chi connectivity index (χ2v) is 6.92. The van der Waals surface area contributed by atoms with Gasteiger partial charge >= 0.3 is 0 Å². The Balaban J connectivity index is 3.16. The first-order valence-corrected chi connectivity index (χ1v) is 6.19. The van der Waals surface area contributed by atoms with Crippen molar-refractivity contribution in [1.29, 1.82) is 0 Å². The van der Waals surface area contributed by atoms with Gasteiger partial charge in [0.15, 0.2) is 5.75 Å². The van der Waals surface area contributed by atoms with Crippen LogP contribution in [0.15, 0.2) is 12.1 Å². The third-order valence-corrected chi connectivity index (χ3v) is 3.13. The summed E-state index contributed by atoms with van der Waals surface area (Å²) < 4.78 is 0. The van der Waals surface area contributed by atoms with Crippen molar-refractivity contribution in [1.82, 2.24) is 0 Å². The average Bonchev–Trinajstić information content (AvgIpc) is 2.09. The van der Waals surface area contributed by atoms with Crippen LogP contribution in [0, 0.1) is 5.41 Å². The van der Waals surface area contributed by atoms with Gasteiger partial charge in [-0.2, -0.15) is 0 Å². The van der Waals surface area contributed by atoms with Crippen molar-refractivity contribution in [3.8, 4) is 5.75 Å². The molecule has 0 aromatic heterocycles. The number of hydrogen-bond donors (Lipinski definition) is 2. The van der Waals surface area contributed by atoms with Gasteiger partial charge in [-0.3, -0.25) is 0 Å². The molecule has 0 aliphatic carbocycles. The summed E-state index contributed by atoms with van der Waals surface area (Å²) >= 11 is 5.97. The molecule has 0 saturated heterocycles. The van der Waals surface area contributed by atoms with Crippen LogP contribution in [-0.4, -0.2) is 5.11 Å². The molecule has 0 amide bonds. The largest absolute Gasteiger partial charge is 0.504 e. The molecule has 2 nitrogen and oxygen atoms in total. The second kappa shape index (κ2) is 4.41. The van der Waals surface area contributed by atoms with Crippen molar-refractivity contribution in [2.75, 3.05) is 5.73 Å². The van der Waals surface area contributed by atoms with Crippen LogP contribution in [0.4, 0.5) is 5.69 Å². The van der Waals surface area contributed by atoms with Gasteiger partial charge in [0.1, 0.15) is 0 Å². The van der Waals surface area contributed by atoms with Gasteiger partial charge in [0.05, 0.1) is 10.7 Å². The van der Waals surface area contributed by atoms with Gasteiger partial charge < -0.3 is 10.8 Å². The molecule has 0 bridgehead atoms. The van der Waals surface area contributed by atoms with E-state index < -0.39 is 0 Å². The molecule has 96 valence electrons. The van der Waals surface area contributed by atoms with Crippen molar-refractivity contribution in [2.45, 2.75) is 46.5 Å². The van der Waals surface area contributed by atoms with Crippen molar-refractivity contribution in [3.05, 3.63) is 22.7 Å². The predicted molar refractivity (Wildman–Crippen MR) is 74.6 cm³/mol. The molecular weight excluding hydrogens is 234 g/mol. The minimum Gasteiger partial charge on any atom is -0.504 e. The van der Waals surface area contributed by atoms with Crippen LogP contribution in [0.1, 0.15) is 46.6 Å². The summed E-state index contributed by atoms with van der Waals surface area (Å²) in [5, 5.41) is 9.89. The molecule has 0 fully saturated rings. The Hall–Kier alpha value is -0.890. The molecule has 3 N–H and O–H groups in total. The topological polar surface area (TPSA) is 46.2 Å². The number of aromatic hydroxyl groups is 1. The van der Waals surface area contributed by atoms with Crippen molar-refractivity contribution < 1.29 is 5.11 Å². The Bertz CT molecular complexity index is 396. The van der Waals surface area contributed by atoms with Gasteiger partial charge in [0.25, 0.3) is 0 Å². The van der Waals surface area contributed by atoms with Gasteiger partial charge in [-0.25, -0.2) is 0 Å². The highest BCUT2D eigenvalue weighted by Gasteiger charge is 2.28. The monoisotopic (exact) mass is 255 g/mol. The highest BCUT2D eigenvalue weighted by molar-refractivity contribution is 6.32. The minimum absolute atomic E-state index is 0.0241. The summed E-state index contributed by atoms with van der Waals surface area (Å²) in [6.45, 7) is 11.0. The molecule has 0 aliphatic rings. The summed E-state index contributed by atoms with van der Waals surface area (Å²) in [4.78, 5) is 0. The summed E-state index contributed by atoms with van der Waals surface area (Å²) in [7, 11) is 0. The molecule has 17 heavy (non-hydrogen) atoms. The lowest BCUT2D eigenvalue weighted by Gasteiger charge is -2.33. The van der Waals surface area contributed by atoms with Gasteiger partial charge in [-0.1, -0.05) is 46.2 Å². The fourth-order valence-corrected chi connectivity index (χ4v) is 2.67. The summed E-state index contributed by atoms with van der Waals surface area (Å²) in [6.07, 6.45) is 1.01. The Labute approximate surface area is 109 Å². The van der Waals surface area contributed by atoms with Crippen LogP contribution < -0.4 is 5.73 Å². The quantitative estimate of drug-likeness (QED) is 0.610. The van der Waals surface area contributed by atoms with Crippen LogP contribution in [0.5, 0.6) is 5.75 Å². The van der Waals surface area contributed by atoms with Crippen molar-refractivity contribution in [3.63, 3.8) is 0 Å². The van der Waals surface area contributed by atoms with E-state index in [1.807, 2.05) is 6.07 Å². The van der Waals surface area contributed by atoms with E-state index in [9.17, 15) is 5.11 Å². The molecule has 1 rings (SSSR count). The molecule has 0 spiro atoms. The number of nitrogen functional groups attached to an aromatic ring is 1. The van der Waals surface area contributed by atoms with Crippen molar-refractivity contribution in [2.24, 2.45) is 5.41 Å². The first-order valence-electron chi connectivity index (χ1n) is 5.81. The molecule has 0 aliphatic heterocycles. The zero-order chi connectivity index (χ0) is 13.4. The summed E-state index contributed by atoms with van der Waals surface area (Å²) in [5.41, 5.74) is 7.35. The Kier molecular flexibility index (Phi) is 3.68. The minimum atomic E-state index is -0.0259. The van der Waals surface area contributed by atoms with Crippen LogP contribution in [-0.2, 0) is 5.41 Å². The van der Waals surface area contributed by atoms with Crippen LogP contribution in [0.25, 0.3) is 0 Å². The Morgan fingerprint density at radius 3 is 2.12 bits per heavy atom. The van der Waals surface area contributed by atoms with Gasteiger partial charge in [0.2, 0.25) is 0 Å². The number of nitrogens with two attached hydrogens (primary N) is 1. The van der Waals surface area contributed by atoms with Crippen LogP contribution in [0.3, 0.4) is 0 Å². The van der Waals surface area contributed by atoms with E-state index in [2.05, 4.69) is 34.6 Å². The average molecular weight is 256 g/mol. The lowest BCUT2D eigenvalue weighted by Crippen LogP contribution is -2.25. The zero-order valence-corrected chi connectivity index (χ0v) is 12.0. The fraction of sp³-hybridized carbons (Fsp3) is 0.571.